The van der Waals surface area contributed by atoms with Gasteiger partial charge in [-0.2, -0.15) is 5.26 Å². The lowest BCUT2D eigenvalue weighted by Crippen LogP contribution is -2.02. The standard InChI is InChI=1S/C17H16N4O/c1-12-4-7-17(22)15(20-12)10-21-11-19-14-6-5-13(3-2-8-18)9-16(14)21/h4-7,9,11,22H,2-3,10H2,1H3. The summed E-state index contributed by atoms with van der Waals surface area (Å²) in [7, 11) is 0. The number of aromatic nitrogens is 3. The van der Waals surface area contributed by atoms with E-state index in [1.807, 2.05) is 29.7 Å². The van der Waals surface area contributed by atoms with Gasteiger partial charge in [0.05, 0.1) is 30.0 Å². The molecule has 0 bridgehead atoms. The third-order valence-electron chi connectivity index (χ3n) is 3.62. The summed E-state index contributed by atoms with van der Waals surface area (Å²) >= 11 is 0. The molecule has 0 fully saturated rings. The molecule has 1 N–H and O–H groups in total. The molecule has 2 heterocycles. The van der Waals surface area contributed by atoms with Crippen molar-refractivity contribution < 1.29 is 5.11 Å². The average Bonchev–Trinajstić information content (AvgIpc) is 2.91. The lowest BCUT2D eigenvalue weighted by molar-refractivity contribution is 0.461. The van der Waals surface area contributed by atoms with E-state index < -0.39 is 0 Å². The summed E-state index contributed by atoms with van der Waals surface area (Å²) in [6.07, 6.45) is 2.98. The van der Waals surface area contributed by atoms with Gasteiger partial charge in [-0.15, -0.1) is 0 Å². The maximum atomic E-state index is 9.94. The zero-order valence-electron chi connectivity index (χ0n) is 12.3. The number of imidazole rings is 1. The minimum Gasteiger partial charge on any atom is -0.506 e. The van der Waals surface area contributed by atoms with E-state index in [1.54, 1.807) is 18.5 Å². The van der Waals surface area contributed by atoms with Gasteiger partial charge in [0, 0.05) is 12.1 Å². The molecule has 0 saturated carbocycles. The molecule has 3 rings (SSSR count). The molecule has 0 aliphatic carbocycles. The zero-order valence-corrected chi connectivity index (χ0v) is 12.3. The Morgan fingerprint density at radius 3 is 2.95 bits per heavy atom. The summed E-state index contributed by atoms with van der Waals surface area (Å²) in [5, 5.41) is 18.6. The van der Waals surface area contributed by atoms with E-state index in [0.29, 0.717) is 18.7 Å². The fraction of sp³-hybridized carbons (Fsp3) is 0.235. The van der Waals surface area contributed by atoms with Crippen molar-refractivity contribution in [2.45, 2.75) is 26.3 Å². The van der Waals surface area contributed by atoms with E-state index in [1.165, 1.54) is 0 Å². The Hall–Kier alpha value is -2.87. The van der Waals surface area contributed by atoms with Gasteiger partial charge < -0.3 is 9.67 Å². The lowest BCUT2D eigenvalue weighted by Gasteiger charge is -2.07. The number of nitrogens with zero attached hydrogens (tertiary/aromatic N) is 4. The molecule has 22 heavy (non-hydrogen) atoms. The van der Waals surface area contributed by atoms with Crippen LogP contribution in [-0.4, -0.2) is 19.6 Å². The third-order valence-corrected chi connectivity index (χ3v) is 3.62. The van der Waals surface area contributed by atoms with Crippen LogP contribution in [0.15, 0.2) is 36.7 Å². The highest BCUT2D eigenvalue weighted by Gasteiger charge is 2.08. The molecule has 0 saturated heterocycles. The second-order valence-corrected chi connectivity index (χ2v) is 5.27. The second-order valence-electron chi connectivity index (χ2n) is 5.27. The zero-order chi connectivity index (χ0) is 15.5. The first-order valence-electron chi connectivity index (χ1n) is 7.13. The number of pyridine rings is 1. The minimum atomic E-state index is 0.188. The maximum absolute atomic E-state index is 9.94. The lowest BCUT2D eigenvalue weighted by atomic mass is 10.1. The molecular formula is C17H16N4O. The molecule has 0 aliphatic rings. The second kappa shape index (κ2) is 5.86. The molecular weight excluding hydrogens is 276 g/mol. The van der Waals surface area contributed by atoms with Crippen LogP contribution in [0.25, 0.3) is 11.0 Å². The van der Waals surface area contributed by atoms with E-state index in [9.17, 15) is 5.11 Å². The van der Waals surface area contributed by atoms with Crippen LogP contribution in [0.2, 0.25) is 0 Å². The van der Waals surface area contributed by atoms with Crippen molar-refractivity contribution in [1.29, 1.82) is 5.26 Å². The first kappa shape index (κ1) is 14.1. The highest BCUT2D eigenvalue weighted by molar-refractivity contribution is 5.76. The van der Waals surface area contributed by atoms with Gasteiger partial charge in [0.15, 0.2) is 0 Å². The SMILES string of the molecule is Cc1ccc(O)c(Cn2cnc3ccc(CCC#N)cc32)n1. The van der Waals surface area contributed by atoms with E-state index in [4.69, 9.17) is 5.26 Å². The molecule has 0 spiro atoms. The van der Waals surface area contributed by atoms with Gasteiger partial charge in [-0.3, -0.25) is 4.98 Å². The molecule has 0 unspecified atom stereocenters. The van der Waals surface area contributed by atoms with Gasteiger partial charge in [0.1, 0.15) is 11.4 Å². The predicted octanol–water partition coefficient (Wildman–Crippen LogP) is 2.95. The van der Waals surface area contributed by atoms with Crippen LogP contribution in [0.4, 0.5) is 0 Å². The number of benzene rings is 1. The summed E-state index contributed by atoms with van der Waals surface area (Å²) in [4.78, 5) is 8.76. The highest BCUT2D eigenvalue weighted by atomic mass is 16.3. The van der Waals surface area contributed by atoms with E-state index in [0.717, 1.165) is 28.7 Å². The number of fused-ring (bicyclic) bond motifs is 1. The fourth-order valence-corrected chi connectivity index (χ4v) is 2.46. The topological polar surface area (TPSA) is 74.7 Å². The Morgan fingerprint density at radius 2 is 2.14 bits per heavy atom. The van der Waals surface area contributed by atoms with Gasteiger partial charge in [-0.25, -0.2) is 4.98 Å². The first-order valence-corrected chi connectivity index (χ1v) is 7.13. The van der Waals surface area contributed by atoms with Crippen molar-refractivity contribution in [2.75, 3.05) is 0 Å². The Labute approximate surface area is 128 Å². The average molecular weight is 292 g/mol. The number of aryl methyl sites for hydroxylation is 2. The van der Waals surface area contributed by atoms with E-state index in [2.05, 4.69) is 16.0 Å². The van der Waals surface area contributed by atoms with Crippen LogP contribution in [0, 0.1) is 18.3 Å². The number of nitriles is 1. The summed E-state index contributed by atoms with van der Waals surface area (Å²) < 4.78 is 1.96. The van der Waals surface area contributed by atoms with Crippen LogP contribution in [-0.2, 0) is 13.0 Å². The van der Waals surface area contributed by atoms with Gasteiger partial charge in [0.25, 0.3) is 0 Å². The summed E-state index contributed by atoms with van der Waals surface area (Å²) in [6.45, 7) is 2.36. The molecule has 1 aromatic carbocycles. The molecule has 0 amide bonds. The van der Waals surface area contributed by atoms with Crippen LogP contribution in [0.3, 0.4) is 0 Å². The van der Waals surface area contributed by atoms with Crippen molar-refractivity contribution >= 4 is 11.0 Å². The van der Waals surface area contributed by atoms with Gasteiger partial charge in [0.2, 0.25) is 0 Å². The number of aromatic hydroxyl groups is 1. The molecule has 0 aliphatic heterocycles. The summed E-state index contributed by atoms with van der Waals surface area (Å²) in [5.41, 5.74) is 4.48. The van der Waals surface area contributed by atoms with Gasteiger partial charge in [-0.1, -0.05) is 6.07 Å². The maximum Gasteiger partial charge on any atom is 0.138 e. The van der Waals surface area contributed by atoms with Crippen molar-refractivity contribution in [2.24, 2.45) is 0 Å². The number of rotatable bonds is 4. The summed E-state index contributed by atoms with van der Waals surface area (Å²) in [6, 6.07) is 11.6. The molecule has 5 nitrogen and oxygen atoms in total. The molecule has 110 valence electrons. The highest BCUT2D eigenvalue weighted by Crippen LogP contribution is 2.20. The van der Waals surface area contributed by atoms with Crippen molar-refractivity contribution in [3.63, 3.8) is 0 Å². The molecule has 2 aromatic heterocycles. The Kier molecular flexibility index (Phi) is 3.75. The van der Waals surface area contributed by atoms with Crippen molar-refractivity contribution in [1.82, 2.24) is 14.5 Å². The Morgan fingerprint density at radius 1 is 1.27 bits per heavy atom. The first-order chi connectivity index (χ1) is 10.7. The fourth-order valence-electron chi connectivity index (χ4n) is 2.46. The number of hydrogen-bond acceptors (Lipinski definition) is 4. The van der Waals surface area contributed by atoms with Gasteiger partial charge in [-0.05, 0) is 43.2 Å². The normalized spacial score (nSPS) is 10.7. The minimum absolute atomic E-state index is 0.188. The van der Waals surface area contributed by atoms with Crippen LogP contribution < -0.4 is 0 Å². The van der Waals surface area contributed by atoms with E-state index in [-0.39, 0.29) is 5.75 Å². The molecule has 0 radical (unpaired) electrons. The van der Waals surface area contributed by atoms with Crippen LogP contribution >= 0.6 is 0 Å². The molecule has 5 heteroatoms. The third kappa shape index (κ3) is 2.77. The Balaban J connectivity index is 1.96. The largest absolute Gasteiger partial charge is 0.506 e. The quantitative estimate of drug-likeness (QED) is 0.802. The van der Waals surface area contributed by atoms with Crippen molar-refractivity contribution in [3.05, 3.63) is 53.6 Å². The molecule has 3 aromatic rings. The predicted molar refractivity (Wildman–Crippen MR) is 83.4 cm³/mol. The number of hydrogen-bond donors (Lipinski definition) is 1. The Bertz CT molecular complexity index is 861. The van der Waals surface area contributed by atoms with E-state index >= 15 is 0 Å². The van der Waals surface area contributed by atoms with Crippen molar-refractivity contribution in [3.8, 4) is 11.8 Å². The van der Waals surface area contributed by atoms with Crippen LogP contribution in [0.5, 0.6) is 5.75 Å². The summed E-state index contributed by atoms with van der Waals surface area (Å²) in [5.74, 6) is 0.188. The molecule has 0 atom stereocenters. The van der Waals surface area contributed by atoms with Gasteiger partial charge >= 0.3 is 0 Å². The monoisotopic (exact) mass is 292 g/mol. The smallest absolute Gasteiger partial charge is 0.138 e. The van der Waals surface area contributed by atoms with Crippen LogP contribution in [0.1, 0.15) is 23.4 Å².